The monoisotopic (exact) mass is 299 g/mol. The molecule has 0 saturated carbocycles. The number of carbonyl (C=O) groups is 1. The lowest BCUT2D eigenvalue weighted by Gasteiger charge is -2.01. The van der Waals surface area contributed by atoms with Gasteiger partial charge in [-0.1, -0.05) is 23.9 Å². The molecule has 0 atom stereocenters. The van der Waals surface area contributed by atoms with Gasteiger partial charge in [-0.25, -0.2) is 4.98 Å². The average Bonchev–Trinajstić information content (AvgIpc) is 2.95. The Morgan fingerprint density at radius 1 is 1.19 bits per heavy atom. The molecular weight excluding hydrogens is 286 g/mol. The van der Waals surface area contributed by atoms with Gasteiger partial charge in [0.05, 0.1) is 12.9 Å². The molecule has 3 aromatic rings. The highest BCUT2D eigenvalue weighted by Crippen LogP contribution is 2.24. The van der Waals surface area contributed by atoms with Crippen molar-refractivity contribution in [3.8, 4) is 5.75 Å². The van der Waals surface area contributed by atoms with E-state index in [1.807, 2.05) is 24.3 Å². The molecule has 2 aromatic carbocycles. The van der Waals surface area contributed by atoms with E-state index in [0.717, 1.165) is 16.8 Å². The van der Waals surface area contributed by atoms with Crippen LogP contribution in [0.2, 0.25) is 0 Å². The fourth-order valence-corrected chi connectivity index (χ4v) is 2.63. The SMILES string of the molecule is COc1ccc(C(=O)CSc2nc3ccccc3o2)cc1. The maximum atomic E-state index is 12.1. The highest BCUT2D eigenvalue weighted by atomic mass is 32.2. The zero-order valence-corrected chi connectivity index (χ0v) is 12.2. The molecule has 0 radical (unpaired) electrons. The van der Waals surface area contributed by atoms with E-state index in [9.17, 15) is 4.79 Å². The maximum Gasteiger partial charge on any atom is 0.257 e. The molecule has 0 aliphatic rings. The van der Waals surface area contributed by atoms with Crippen LogP contribution in [0.4, 0.5) is 0 Å². The maximum absolute atomic E-state index is 12.1. The molecule has 0 unspecified atom stereocenters. The summed E-state index contributed by atoms with van der Waals surface area (Å²) in [6.45, 7) is 0. The molecule has 0 fully saturated rings. The molecule has 0 aliphatic carbocycles. The van der Waals surface area contributed by atoms with Crippen molar-refractivity contribution in [2.45, 2.75) is 5.22 Å². The normalized spacial score (nSPS) is 10.7. The largest absolute Gasteiger partial charge is 0.497 e. The number of carbonyl (C=O) groups excluding carboxylic acids is 1. The van der Waals surface area contributed by atoms with Crippen LogP contribution < -0.4 is 4.74 Å². The van der Waals surface area contributed by atoms with E-state index in [0.29, 0.717) is 16.5 Å². The average molecular weight is 299 g/mol. The van der Waals surface area contributed by atoms with Crippen molar-refractivity contribution in [1.82, 2.24) is 4.98 Å². The molecule has 0 N–H and O–H groups in total. The second kappa shape index (κ2) is 6.01. The molecule has 0 bridgehead atoms. The number of Topliss-reactive ketones (excluding diaryl/α,β-unsaturated/α-hetero) is 1. The Kier molecular flexibility index (Phi) is 3.92. The molecule has 0 spiro atoms. The quantitative estimate of drug-likeness (QED) is 0.529. The van der Waals surface area contributed by atoms with Crippen molar-refractivity contribution in [3.63, 3.8) is 0 Å². The van der Waals surface area contributed by atoms with Crippen LogP contribution in [-0.4, -0.2) is 23.6 Å². The first-order chi connectivity index (χ1) is 10.3. The van der Waals surface area contributed by atoms with Crippen LogP contribution in [0, 0.1) is 0 Å². The number of thioether (sulfide) groups is 1. The first-order valence-electron chi connectivity index (χ1n) is 6.42. The number of hydrogen-bond acceptors (Lipinski definition) is 5. The summed E-state index contributed by atoms with van der Waals surface area (Å²) >= 11 is 1.30. The van der Waals surface area contributed by atoms with Crippen molar-refractivity contribution in [3.05, 3.63) is 54.1 Å². The molecule has 3 rings (SSSR count). The highest BCUT2D eigenvalue weighted by molar-refractivity contribution is 7.99. The topological polar surface area (TPSA) is 52.3 Å². The Morgan fingerprint density at radius 2 is 1.95 bits per heavy atom. The van der Waals surface area contributed by atoms with E-state index >= 15 is 0 Å². The number of ketones is 1. The minimum absolute atomic E-state index is 0.0323. The number of nitrogens with zero attached hydrogens (tertiary/aromatic N) is 1. The summed E-state index contributed by atoms with van der Waals surface area (Å²) in [6, 6.07) is 14.6. The number of ether oxygens (including phenoxy) is 1. The number of oxazole rings is 1. The lowest BCUT2D eigenvalue weighted by atomic mass is 10.1. The number of benzene rings is 2. The van der Waals surface area contributed by atoms with E-state index in [4.69, 9.17) is 9.15 Å². The predicted octanol–water partition coefficient (Wildman–Crippen LogP) is 3.81. The predicted molar refractivity (Wildman–Crippen MR) is 82.1 cm³/mol. The number of hydrogen-bond donors (Lipinski definition) is 0. The molecule has 1 aromatic heterocycles. The van der Waals surface area contributed by atoms with Gasteiger partial charge < -0.3 is 9.15 Å². The smallest absolute Gasteiger partial charge is 0.257 e. The van der Waals surface area contributed by atoms with Crippen molar-refractivity contribution in [2.75, 3.05) is 12.9 Å². The third kappa shape index (κ3) is 3.08. The van der Waals surface area contributed by atoms with Crippen LogP contribution in [0.5, 0.6) is 5.75 Å². The summed E-state index contributed by atoms with van der Waals surface area (Å²) in [5, 5.41) is 0.512. The lowest BCUT2D eigenvalue weighted by Crippen LogP contribution is -2.02. The third-order valence-electron chi connectivity index (χ3n) is 3.01. The second-order valence-electron chi connectivity index (χ2n) is 4.39. The standard InChI is InChI=1S/C16H13NO3S/c1-19-12-8-6-11(7-9-12)14(18)10-21-16-17-13-4-2-3-5-15(13)20-16/h2-9H,10H2,1H3. The Bertz CT molecular complexity index is 732. The third-order valence-corrected chi connectivity index (χ3v) is 3.84. The van der Waals surface area contributed by atoms with Gasteiger partial charge >= 0.3 is 0 Å². The summed E-state index contributed by atoms with van der Waals surface area (Å²) in [7, 11) is 1.60. The molecule has 106 valence electrons. The van der Waals surface area contributed by atoms with E-state index in [-0.39, 0.29) is 5.78 Å². The van der Waals surface area contributed by atoms with Crippen LogP contribution in [0.25, 0.3) is 11.1 Å². The molecule has 0 aliphatic heterocycles. The van der Waals surface area contributed by atoms with Gasteiger partial charge in [0, 0.05) is 5.56 Å². The number of rotatable bonds is 5. The van der Waals surface area contributed by atoms with E-state index < -0.39 is 0 Å². The van der Waals surface area contributed by atoms with Crippen molar-refractivity contribution in [2.24, 2.45) is 0 Å². The summed E-state index contributed by atoms with van der Waals surface area (Å²) in [4.78, 5) is 16.4. The number of para-hydroxylation sites is 2. The van der Waals surface area contributed by atoms with Crippen molar-refractivity contribution >= 4 is 28.6 Å². The number of fused-ring (bicyclic) bond motifs is 1. The fraction of sp³-hybridized carbons (Fsp3) is 0.125. The van der Waals surface area contributed by atoms with Crippen molar-refractivity contribution < 1.29 is 13.9 Å². The molecule has 0 amide bonds. The Balaban J connectivity index is 1.67. The number of aromatic nitrogens is 1. The number of methoxy groups -OCH3 is 1. The van der Waals surface area contributed by atoms with Crippen LogP contribution in [0.1, 0.15) is 10.4 Å². The van der Waals surface area contributed by atoms with Gasteiger partial charge in [0.2, 0.25) is 0 Å². The summed E-state index contributed by atoms with van der Waals surface area (Å²) in [5.74, 6) is 1.06. The minimum Gasteiger partial charge on any atom is -0.497 e. The second-order valence-corrected chi connectivity index (χ2v) is 5.31. The molecular formula is C16H13NO3S. The first-order valence-corrected chi connectivity index (χ1v) is 7.40. The summed E-state index contributed by atoms with van der Waals surface area (Å²) < 4.78 is 10.6. The van der Waals surface area contributed by atoms with E-state index in [1.54, 1.807) is 31.4 Å². The Morgan fingerprint density at radius 3 is 2.67 bits per heavy atom. The van der Waals surface area contributed by atoms with Gasteiger partial charge in [-0.3, -0.25) is 4.79 Å². The van der Waals surface area contributed by atoms with Crippen LogP contribution in [-0.2, 0) is 0 Å². The van der Waals surface area contributed by atoms with Gasteiger partial charge in [0.15, 0.2) is 11.4 Å². The zero-order valence-electron chi connectivity index (χ0n) is 11.4. The van der Waals surface area contributed by atoms with E-state index in [1.165, 1.54) is 11.8 Å². The fourth-order valence-electron chi connectivity index (χ4n) is 1.90. The highest BCUT2D eigenvalue weighted by Gasteiger charge is 2.10. The molecule has 21 heavy (non-hydrogen) atoms. The van der Waals surface area contributed by atoms with Gasteiger partial charge in [0.25, 0.3) is 5.22 Å². The Hall–Kier alpha value is -2.27. The van der Waals surface area contributed by atoms with Gasteiger partial charge in [-0.15, -0.1) is 0 Å². The summed E-state index contributed by atoms with van der Waals surface area (Å²) in [5.41, 5.74) is 2.19. The molecule has 0 saturated heterocycles. The zero-order chi connectivity index (χ0) is 14.7. The van der Waals surface area contributed by atoms with Crippen molar-refractivity contribution in [1.29, 1.82) is 0 Å². The lowest BCUT2D eigenvalue weighted by molar-refractivity contribution is 0.102. The summed E-state index contributed by atoms with van der Waals surface area (Å²) in [6.07, 6.45) is 0. The van der Waals surface area contributed by atoms with Gasteiger partial charge in [-0.2, -0.15) is 0 Å². The molecule has 5 heteroatoms. The van der Waals surface area contributed by atoms with Crippen LogP contribution in [0.3, 0.4) is 0 Å². The first kappa shape index (κ1) is 13.7. The van der Waals surface area contributed by atoms with Crippen LogP contribution >= 0.6 is 11.8 Å². The van der Waals surface area contributed by atoms with Gasteiger partial charge in [0.1, 0.15) is 11.3 Å². The van der Waals surface area contributed by atoms with E-state index in [2.05, 4.69) is 4.98 Å². The minimum atomic E-state index is 0.0323. The molecule has 4 nitrogen and oxygen atoms in total. The van der Waals surface area contributed by atoms with Gasteiger partial charge in [-0.05, 0) is 36.4 Å². The van der Waals surface area contributed by atoms with Crippen LogP contribution in [0.15, 0.2) is 58.2 Å². The Labute approximate surface area is 126 Å². The molecule has 1 heterocycles.